The SMILES string of the molecule is CC(=O)NCC1CCN(Cc2cc(Oc3cnc(CCC(C)(C)C(=O)O)nc3)nc(-c3cc(Cl)cc(Cl)c3)c2)CC1. The monoisotopic (exact) mass is 599 g/mol. The van der Waals surface area contributed by atoms with Crippen molar-refractivity contribution in [3.05, 3.63) is 64.2 Å². The van der Waals surface area contributed by atoms with E-state index in [1.165, 1.54) is 0 Å². The van der Waals surface area contributed by atoms with Crippen LogP contribution in [0, 0.1) is 11.3 Å². The summed E-state index contributed by atoms with van der Waals surface area (Å²) in [7, 11) is 0. The molecule has 2 N–H and O–H groups in total. The lowest BCUT2D eigenvalue weighted by atomic mass is 9.88. The molecule has 1 amide bonds. The van der Waals surface area contributed by atoms with E-state index in [1.54, 1.807) is 39.2 Å². The maximum absolute atomic E-state index is 11.4. The zero-order chi connectivity index (χ0) is 29.6. The van der Waals surface area contributed by atoms with E-state index in [2.05, 4.69) is 20.2 Å². The Hall–Kier alpha value is -3.27. The Morgan fingerprint density at radius 1 is 1.07 bits per heavy atom. The average molecular weight is 601 g/mol. The minimum absolute atomic E-state index is 0.00701. The van der Waals surface area contributed by atoms with Crippen LogP contribution in [-0.4, -0.2) is 56.5 Å². The number of rotatable bonds is 11. The summed E-state index contributed by atoms with van der Waals surface area (Å²) in [5.74, 6) is 0.989. The van der Waals surface area contributed by atoms with E-state index in [0.717, 1.165) is 37.1 Å². The van der Waals surface area contributed by atoms with Gasteiger partial charge in [0.1, 0.15) is 5.82 Å². The number of hydrogen-bond acceptors (Lipinski definition) is 7. The number of pyridine rings is 1. The lowest BCUT2D eigenvalue weighted by molar-refractivity contribution is -0.147. The fourth-order valence-electron chi connectivity index (χ4n) is 4.62. The van der Waals surface area contributed by atoms with Crippen LogP contribution in [0.25, 0.3) is 11.3 Å². The first-order valence-electron chi connectivity index (χ1n) is 13.6. The van der Waals surface area contributed by atoms with Gasteiger partial charge in [0, 0.05) is 48.1 Å². The Morgan fingerprint density at radius 3 is 2.34 bits per heavy atom. The molecule has 0 saturated carbocycles. The number of likely N-dealkylation sites (tertiary alicyclic amines) is 1. The molecule has 1 fully saturated rings. The number of carboxylic acid groups (broad SMARTS) is 1. The standard InChI is InChI=1S/C30H35Cl2N5O4/c1-19(38)33-15-20-5-8-37(9-6-20)18-21-10-26(22-12-23(31)14-24(32)13-22)36-28(11-21)41-25-16-34-27(35-17-25)4-7-30(2,3)29(39)40/h10-14,16-17,20H,4-9,15,18H2,1-3H3,(H,33,38)(H,39,40). The maximum atomic E-state index is 11.4. The predicted molar refractivity (Wildman–Crippen MR) is 158 cm³/mol. The number of carbonyl (C=O) groups excluding carboxylic acids is 1. The molecule has 0 unspecified atom stereocenters. The Morgan fingerprint density at radius 2 is 1.73 bits per heavy atom. The molecule has 0 aliphatic carbocycles. The summed E-state index contributed by atoms with van der Waals surface area (Å²) in [6.07, 6.45) is 6.02. The molecule has 1 saturated heterocycles. The summed E-state index contributed by atoms with van der Waals surface area (Å²) < 4.78 is 6.09. The van der Waals surface area contributed by atoms with Crippen molar-refractivity contribution < 1.29 is 19.4 Å². The van der Waals surface area contributed by atoms with Crippen LogP contribution < -0.4 is 10.1 Å². The highest BCUT2D eigenvalue weighted by Crippen LogP contribution is 2.31. The van der Waals surface area contributed by atoms with Gasteiger partial charge in [0.25, 0.3) is 0 Å². The van der Waals surface area contributed by atoms with Gasteiger partial charge in [0.15, 0.2) is 5.75 Å². The number of amides is 1. The molecule has 0 radical (unpaired) electrons. The van der Waals surface area contributed by atoms with Crippen molar-refractivity contribution in [3.63, 3.8) is 0 Å². The molecule has 1 aliphatic rings. The molecule has 4 rings (SSSR count). The third-order valence-electron chi connectivity index (χ3n) is 7.23. The highest BCUT2D eigenvalue weighted by molar-refractivity contribution is 6.35. The molecule has 218 valence electrons. The molecule has 3 heterocycles. The van der Waals surface area contributed by atoms with E-state index in [9.17, 15) is 14.7 Å². The van der Waals surface area contributed by atoms with Crippen molar-refractivity contribution >= 4 is 35.1 Å². The van der Waals surface area contributed by atoms with Gasteiger partial charge >= 0.3 is 5.97 Å². The van der Waals surface area contributed by atoms with Crippen molar-refractivity contribution in [2.75, 3.05) is 19.6 Å². The van der Waals surface area contributed by atoms with Crippen molar-refractivity contribution in [2.45, 2.75) is 53.0 Å². The van der Waals surface area contributed by atoms with E-state index in [0.29, 0.717) is 65.0 Å². The van der Waals surface area contributed by atoms with Crippen LogP contribution in [0.1, 0.15) is 51.4 Å². The number of aryl methyl sites for hydroxylation is 1. The van der Waals surface area contributed by atoms with Crippen LogP contribution in [0.15, 0.2) is 42.7 Å². The highest BCUT2D eigenvalue weighted by Gasteiger charge is 2.27. The van der Waals surface area contributed by atoms with Crippen LogP contribution in [0.5, 0.6) is 11.6 Å². The molecule has 11 heteroatoms. The van der Waals surface area contributed by atoms with Gasteiger partial charge < -0.3 is 15.2 Å². The Kier molecular flexibility index (Phi) is 10.2. The van der Waals surface area contributed by atoms with Crippen molar-refractivity contribution in [1.29, 1.82) is 0 Å². The first-order chi connectivity index (χ1) is 19.5. The largest absolute Gasteiger partial charge is 0.481 e. The number of carboxylic acids is 1. The number of aliphatic carboxylic acids is 1. The number of benzene rings is 1. The zero-order valence-electron chi connectivity index (χ0n) is 23.5. The van der Waals surface area contributed by atoms with Gasteiger partial charge in [-0.3, -0.25) is 14.5 Å². The van der Waals surface area contributed by atoms with Crippen LogP contribution in [-0.2, 0) is 22.6 Å². The molecular formula is C30H35Cl2N5O4. The lowest BCUT2D eigenvalue weighted by Gasteiger charge is -2.32. The van der Waals surface area contributed by atoms with Gasteiger partial charge in [-0.2, -0.15) is 0 Å². The van der Waals surface area contributed by atoms with Gasteiger partial charge in [0.05, 0.1) is 23.5 Å². The first kappa shape index (κ1) is 30.7. The third kappa shape index (κ3) is 9.11. The van der Waals surface area contributed by atoms with Crippen molar-refractivity contribution in [3.8, 4) is 22.9 Å². The fraction of sp³-hybridized carbons (Fsp3) is 0.433. The topological polar surface area (TPSA) is 118 Å². The Labute approximate surface area is 250 Å². The Bertz CT molecular complexity index is 1360. The van der Waals surface area contributed by atoms with Crippen molar-refractivity contribution in [1.82, 2.24) is 25.2 Å². The van der Waals surface area contributed by atoms with Crippen LogP contribution in [0.2, 0.25) is 10.0 Å². The number of nitrogens with zero attached hydrogens (tertiary/aromatic N) is 4. The van der Waals surface area contributed by atoms with E-state index in [1.807, 2.05) is 24.3 Å². The Balaban J connectivity index is 1.50. The first-order valence-corrected chi connectivity index (χ1v) is 14.4. The van der Waals surface area contributed by atoms with Crippen molar-refractivity contribution in [2.24, 2.45) is 11.3 Å². The molecular weight excluding hydrogens is 565 g/mol. The average Bonchev–Trinajstić information content (AvgIpc) is 2.91. The number of hydrogen-bond donors (Lipinski definition) is 2. The second-order valence-corrected chi connectivity index (χ2v) is 12.0. The molecule has 1 aromatic carbocycles. The molecule has 9 nitrogen and oxygen atoms in total. The van der Waals surface area contributed by atoms with E-state index < -0.39 is 11.4 Å². The van der Waals surface area contributed by atoms with E-state index in [4.69, 9.17) is 32.9 Å². The molecule has 1 aliphatic heterocycles. The van der Waals surface area contributed by atoms with Gasteiger partial charge in [0.2, 0.25) is 11.8 Å². The minimum atomic E-state index is -0.858. The molecule has 2 aromatic heterocycles. The fourth-order valence-corrected chi connectivity index (χ4v) is 5.15. The summed E-state index contributed by atoms with van der Waals surface area (Å²) in [5, 5.41) is 13.3. The maximum Gasteiger partial charge on any atom is 0.309 e. The number of piperidine rings is 1. The number of carbonyl (C=O) groups is 2. The van der Waals surface area contributed by atoms with E-state index in [-0.39, 0.29) is 5.91 Å². The van der Waals surface area contributed by atoms with E-state index >= 15 is 0 Å². The van der Waals surface area contributed by atoms with Crippen LogP contribution in [0.4, 0.5) is 0 Å². The second kappa shape index (κ2) is 13.6. The molecule has 0 bridgehead atoms. The minimum Gasteiger partial charge on any atom is -0.481 e. The van der Waals surface area contributed by atoms with Gasteiger partial charge in [-0.15, -0.1) is 0 Å². The summed E-state index contributed by atoms with van der Waals surface area (Å²) in [6.45, 7) is 8.20. The molecule has 41 heavy (non-hydrogen) atoms. The quantitative estimate of drug-likeness (QED) is 0.274. The molecule has 3 aromatic rings. The highest BCUT2D eigenvalue weighted by atomic mass is 35.5. The van der Waals surface area contributed by atoms with Crippen LogP contribution in [0.3, 0.4) is 0 Å². The van der Waals surface area contributed by atoms with Crippen LogP contribution >= 0.6 is 23.2 Å². The lowest BCUT2D eigenvalue weighted by Crippen LogP contribution is -2.37. The summed E-state index contributed by atoms with van der Waals surface area (Å²) in [5.41, 5.74) is 1.62. The number of nitrogens with one attached hydrogen (secondary N) is 1. The summed E-state index contributed by atoms with van der Waals surface area (Å²) in [4.78, 5) is 38.5. The number of aromatic nitrogens is 3. The smallest absolute Gasteiger partial charge is 0.309 e. The normalized spacial score (nSPS) is 14.6. The second-order valence-electron chi connectivity index (χ2n) is 11.1. The van der Waals surface area contributed by atoms with Gasteiger partial charge in [-0.25, -0.2) is 15.0 Å². The zero-order valence-corrected chi connectivity index (χ0v) is 25.0. The molecule has 0 atom stereocenters. The summed E-state index contributed by atoms with van der Waals surface area (Å²) in [6, 6.07) is 9.22. The third-order valence-corrected chi connectivity index (χ3v) is 7.67. The van der Waals surface area contributed by atoms with Gasteiger partial charge in [-0.05, 0) is 81.9 Å². The number of ether oxygens (including phenoxy) is 1. The predicted octanol–water partition coefficient (Wildman–Crippen LogP) is 6.03. The summed E-state index contributed by atoms with van der Waals surface area (Å²) >= 11 is 12.6. The number of halogens is 2. The van der Waals surface area contributed by atoms with Gasteiger partial charge in [-0.1, -0.05) is 23.2 Å². The molecule has 0 spiro atoms.